The summed E-state index contributed by atoms with van der Waals surface area (Å²) in [5.74, 6) is 0.183. The third-order valence-electron chi connectivity index (χ3n) is 0.899. The molecule has 0 radical (unpaired) electrons. The molecular weight excluding hydrogens is 102 g/mol. The maximum atomic E-state index is 10.00. The van der Waals surface area contributed by atoms with Crippen molar-refractivity contribution in [2.75, 3.05) is 0 Å². The first-order valence-electron chi connectivity index (χ1n) is 3.08. The van der Waals surface area contributed by atoms with Crippen LogP contribution in [0.1, 0.15) is 27.2 Å². The number of carbonyl (C=O) groups excluding carboxylic acids is 1. The molecule has 1 aliphatic heterocycles. The quantitative estimate of drug-likeness (QED) is 0.467. The molecule has 1 unspecified atom stereocenters. The molecule has 1 fully saturated rings. The van der Waals surface area contributed by atoms with Crippen LogP contribution in [0.4, 0.5) is 0 Å². The highest BCUT2D eigenvalue weighted by Crippen LogP contribution is 1.99. The lowest BCUT2D eigenvalue weighted by molar-refractivity contribution is -0.127. The Morgan fingerprint density at radius 3 is 2.00 bits per heavy atom. The van der Waals surface area contributed by atoms with Crippen LogP contribution in [0.25, 0.3) is 0 Å². The van der Waals surface area contributed by atoms with Crippen LogP contribution in [0, 0.1) is 0 Å². The Balaban J connectivity index is 0.000000222. The summed E-state index contributed by atoms with van der Waals surface area (Å²) in [5.41, 5.74) is 0. The molecule has 2 heteroatoms. The van der Waals surface area contributed by atoms with Gasteiger partial charge in [0.05, 0.1) is 0 Å². The monoisotopic (exact) mass is 115 g/mol. The second-order valence-corrected chi connectivity index (χ2v) is 1.67. The lowest BCUT2D eigenvalue weighted by Gasteiger charge is -2.21. The molecule has 1 amide bonds. The molecule has 0 saturated carbocycles. The van der Waals surface area contributed by atoms with E-state index in [0.717, 1.165) is 6.42 Å². The van der Waals surface area contributed by atoms with Crippen molar-refractivity contribution in [3.8, 4) is 0 Å². The molecule has 0 aromatic heterocycles. The molecule has 1 saturated heterocycles. The molecule has 1 N–H and O–H groups in total. The molecule has 0 bridgehead atoms. The van der Waals surface area contributed by atoms with Gasteiger partial charge in [0.15, 0.2) is 0 Å². The van der Waals surface area contributed by atoms with Crippen molar-refractivity contribution in [2.45, 2.75) is 33.2 Å². The summed E-state index contributed by atoms with van der Waals surface area (Å²) in [6.07, 6.45) is 0.722. The van der Waals surface area contributed by atoms with Gasteiger partial charge in [-0.25, -0.2) is 0 Å². The van der Waals surface area contributed by atoms with Crippen LogP contribution in [-0.2, 0) is 4.79 Å². The minimum atomic E-state index is 0.183. The number of hydrogen-bond acceptors (Lipinski definition) is 1. The summed E-state index contributed by atoms with van der Waals surface area (Å²) >= 11 is 0. The SMILES string of the molecule is CC.CC1CC(=O)N1. The zero-order valence-corrected chi connectivity index (χ0v) is 5.69. The highest BCUT2D eigenvalue weighted by molar-refractivity contribution is 5.82. The Morgan fingerprint density at radius 2 is 2.00 bits per heavy atom. The van der Waals surface area contributed by atoms with E-state index in [1.54, 1.807) is 0 Å². The topological polar surface area (TPSA) is 29.1 Å². The van der Waals surface area contributed by atoms with Gasteiger partial charge in [-0.15, -0.1) is 0 Å². The van der Waals surface area contributed by atoms with Crippen LogP contribution in [0.2, 0.25) is 0 Å². The molecule has 1 atom stereocenters. The first kappa shape index (κ1) is 7.47. The minimum Gasteiger partial charge on any atom is -0.353 e. The summed E-state index contributed by atoms with van der Waals surface area (Å²) in [7, 11) is 0. The van der Waals surface area contributed by atoms with E-state index in [4.69, 9.17) is 0 Å². The molecule has 8 heavy (non-hydrogen) atoms. The standard InChI is InChI=1S/C4H7NO.C2H6/c1-3-2-4(6)5-3;1-2/h3H,2H2,1H3,(H,5,6);1-2H3. The van der Waals surface area contributed by atoms with Crippen molar-refractivity contribution < 1.29 is 4.79 Å². The summed E-state index contributed by atoms with van der Waals surface area (Å²) in [4.78, 5) is 10.00. The third-order valence-corrected chi connectivity index (χ3v) is 0.899. The highest BCUT2D eigenvalue weighted by Gasteiger charge is 2.18. The van der Waals surface area contributed by atoms with Gasteiger partial charge < -0.3 is 5.32 Å². The molecule has 48 valence electrons. The van der Waals surface area contributed by atoms with Crippen molar-refractivity contribution in [2.24, 2.45) is 0 Å². The summed E-state index contributed by atoms with van der Waals surface area (Å²) < 4.78 is 0. The van der Waals surface area contributed by atoms with E-state index in [9.17, 15) is 4.79 Å². The first-order valence-corrected chi connectivity index (χ1v) is 3.08. The van der Waals surface area contributed by atoms with Crippen LogP contribution in [0.5, 0.6) is 0 Å². The second kappa shape index (κ2) is 3.47. The molecule has 0 aliphatic carbocycles. The number of nitrogens with one attached hydrogen (secondary N) is 1. The van der Waals surface area contributed by atoms with Crippen molar-refractivity contribution >= 4 is 5.91 Å². The summed E-state index contributed by atoms with van der Waals surface area (Å²) in [6, 6.07) is 0.442. The number of β-lactam (4-membered cyclic amide) rings is 1. The predicted molar refractivity (Wildman–Crippen MR) is 33.6 cm³/mol. The molecule has 1 aliphatic rings. The molecular formula is C6H13NO. The van der Waals surface area contributed by atoms with Crippen molar-refractivity contribution in [3.05, 3.63) is 0 Å². The van der Waals surface area contributed by atoms with E-state index < -0.39 is 0 Å². The Morgan fingerprint density at radius 1 is 1.62 bits per heavy atom. The fraction of sp³-hybridized carbons (Fsp3) is 0.833. The van der Waals surface area contributed by atoms with Crippen LogP contribution >= 0.6 is 0 Å². The zero-order chi connectivity index (χ0) is 6.57. The minimum absolute atomic E-state index is 0.183. The van der Waals surface area contributed by atoms with E-state index in [0.29, 0.717) is 6.04 Å². The van der Waals surface area contributed by atoms with Gasteiger partial charge in [0.2, 0.25) is 5.91 Å². The van der Waals surface area contributed by atoms with Crippen molar-refractivity contribution in [1.29, 1.82) is 0 Å². The van der Waals surface area contributed by atoms with E-state index >= 15 is 0 Å². The van der Waals surface area contributed by atoms with Crippen molar-refractivity contribution in [3.63, 3.8) is 0 Å². The lowest BCUT2D eigenvalue weighted by atomic mass is 10.1. The van der Waals surface area contributed by atoms with Crippen LogP contribution < -0.4 is 5.32 Å². The van der Waals surface area contributed by atoms with Crippen LogP contribution in [0.15, 0.2) is 0 Å². The predicted octanol–water partition coefficient (Wildman–Crippen LogP) is 0.921. The van der Waals surface area contributed by atoms with Crippen LogP contribution in [0.3, 0.4) is 0 Å². The van der Waals surface area contributed by atoms with Gasteiger partial charge >= 0.3 is 0 Å². The van der Waals surface area contributed by atoms with E-state index in [1.165, 1.54) is 0 Å². The van der Waals surface area contributed by atoms with Gasteiger partial charge in [-0.2, -0.15) is 0 Å². The molecule has 1 rings (SSSR count). The number of carbonyl (C=O) groups is 1. The van der Waals surface area contributed by atoms with E-state index in [1.807, 2.05) is 20.8 Å². The second-order valence-electron chi connectivity index (χ2n) is 1.67. The highest BCUT2D eigenvalue weighted by atomic mass is 16.2. The summed E-state index contributed by atoms with van der Waals surface area (Å²) in [6.45, 7) is 5.99. The van der Waals surface area contributed by atoms with E-state index in [-0.39, 0.29) is 5.91 Å². The maximum absolute atomic E-state index is 10.00. The van der Waals surface area contributed by atoms with Gasteiger partial charge in [0.25, 0.3) is 0 Å². The fourth-order valence-electron chi connectivity index (χ4n) is 0.532. The summed E-state index contributed by atoms with van der Waals surface area (Å²) in [5, 5.41) is 2.67. The number of rotatable bonds is 0. The maximum Gasteiger partial charge on any atom is 0.222 e. The Labute approximate surface area is 50.3 Å². The smallest absolute Gasteiger partial charge is 0.222 e. The Bertz CT molecular complexity index is 72.6. The van der Waals surface area contributed by atoms with Crippen molar-refractivity contribution in [1.82, 2.24) is 5.32 Å². The average Bonchev–Trinajstić information content (AvgIpc) is 1.70. The van der Waals surface area contributed by atoms with Crippen LogP contribution in [-0.4, -0.2) is 11.9 Å². The van der Waals surface area contributed by atoms with Gasteiger partial charge in [0, 0.05) is 12.5 Å². The van der Waals surface area contributed by atoms with Gasteiger partial charge in [-0.3, -0.25) is 4.79 Å². The lowest BCUT2D eigenvalue weighted by Crippen LogP contribution is -2.46. The molecule has 0 aromatic carbocycles. The fourth-order valence-corrected chi connectivity index (χ4v) is 0.532. The van der Waals surface area contributed by atoms with Gasteiger partial charge in [-0.1, -0.05) is 13.8 Å². The molecule has 2 nitrogen and oxygen atoms in total. The van der Waals surface area contributed by atoms with Gasteiger partial charge in [-0.05, 0) is 6.92 Å². The Kier molecular flexibility index (Phi) is 3.24. The third kappa shape index (κ3) is 1.96. The average molecular weight is 115 g/mol. The normalized spacial score (nSPS) is 24.4. The largest absolute Gasteiger partial charge is 0.353 e. The molecule has 1 heterocycles. The van der Waals surface area contributed by atoms with E-state index in [2.05, 4.69) is 5.32 Å². The molecule has 0 aromatic rings. The number of amides is 1. The molecule has 0 spiro atoms. The first-order chi connectivity index (χ1) is 3.79. The zero-order valence-electron chi connectivity index (χ0n) is 5.69. The Hall–Kier alpha value is -0.530. The number of hydrogen-bond donors (Lipinski definition) is 1. The van der Waals surface area contributed by atoms with Gasteiger partial charge in [0.1, 0.15) is 0 Å².